The van der Waals surface area contributed by atoms with Gasteiger partial charge in [0.25, 0.3) is 0 Å². The van der Waals surface area contributed by atoms with E-state index in [9.17, 15) is 4.79 Å². The maximum Gasteiger partial charge on any atom is 0.149 e. The van der Waals surface area contributed by atoms with Crippen molar-refractivity contribution in [1.29, 1.82) is 0 Å². The number of Topliss-reactive ketones (excluding diaryl/α,β-unsaturated/α-hetero) is 1. The van der Waals surface area contributed by atoms with Gasteiger partial charge in [-0.05, 0) is 51.6 Å². The maximum atomic E-state index is 12.1. The fourth-order valence-corrected chi connectivity index (χ4v) is 3.09. The van der Waals surface area contributed by atoms with Gasteiger partial charge in [-0.15, -0.1) is 11.6 Å². The molecule has 1 saturated carbocycles. The van der Waals surface area contributed by atoms with Crippen molar-refractivity contribution in [2.75, 3.05) is 19.6 Å². The van der Waals surface area contributed by atoms with Crippen LogP contribution in [0.1, 0.15) is 44.9 Å². The van der Waals surface area contributed by atoms with Crippen LogP contribution in [0.4, 0.5) is 0 Å². The van der Waals surface area contributed by atoms with E-state index in [1.54, 1.807) is 0 Å². The number of alkyl halides is 1. The summed E-state index contributed by atoms with van der Waals surface area (Å²) >= 11 is 6.06. The van der Waals surface area contributed by atoms with Crippen molar-refractivity contribution in [2.45, 2.75) is 50.3 Å². The molecule has 0 aromatic heterocycles. The lowest BCUT2D eigenvalue weighted by Gasteiger charge is -2.29. The number of halogens is 1. The van der Waals surface area contributed by atoms with Crippen molar-refractivity contribution in [2.24, 2.45) is 5.92 Å². The quantitative estimate of drug-likeness (QED) is 0.711. The third-order valence-corrected chi connectivity index (χ3v) is 4.38. The number of piperidine rings is 1. The Bertz CT molecular complexity index is 230. The molecule has 2 rings (SSSR count). The molecule has 0 radical (unpaired) electrons. The lowest BCUT2D eigenvalue weighted by molar-refractivity contribution is -0.125. The zero-order valence-corrected chi connectivity index (χ0v) is 10.7. The van der Waals surface area contributed by atoms with E-state index in [0.29, 0.717) is 23.6 Å². The molecule has 92 valence electrons. The molecule has 0 atom stereocenters. The molecule has 16 heavy (non-hydrogen) atoms. The number of carbonyl (C=O) groups excluding carboxylic acids is 1. The first-order valence-corrected chi connectivity index (χ1v) is 7.08. The van der Waals surface area contributed by atoms with Crippen LogP contribution in [0.5, 0.6) is 0 Å². The number of nitrogens with zero attached hydrogens (tertiary/aromatic N) is 1. The van der Waals surface area contributed by atoms with Crippen LogP contribution >= 0.6 is 11.6 Å². The first kappa shape index (κ1) is 12.4. The lowest BCUT2D eigenvalue weighted by Crippen LogP contribution is -2.37. The first-order valence-electron chi connectivity index (χ1n) is 6.65. The molecule has 3 heteroatoms. The van der Waals surface area contributed by atoms with Crippen molar-refractivity contribution >= 4 is 17.4 Å². The highest BCUT2D eigenvalue weighted by molar-refractivity contribution is 6.20. The highest BCUT2D eigenvalue weighted by Gasteiger charge is 2.26. The molecule has 0 bridgehead atoms. The zero-order valence-electron chi connectivity index (χ0n) is 9.96. The summed E-state index contributed by atoms with van der Waals surface area (Å²) in [6, 6.07) is 0. The Labute approximate surface area is 103 Å². The number of carbonyl (C=O) groups is 1. The van der Waals surface area contributed by atoms with Gasteiger partial charge in [0.1, 0.15) is 5.78 Å². The summed E-state index contributed by atoms with van der Waals surface area (Å²) in [4.78, 5) is 14.4. The maximum absolute atomic E-state index is 12.1. The summed E-state index contributed by atoms with van der Waals surface area (Å²) in [7, 11) is 0. The van der Waals surface area contributed by atoms with Crippen LogP contribution in [0, 0.1) is 5.92 Å². The van der Waals surface area contributed by atoms with Gasteiger partial charge in [0, 0.05) is 11.3 Å². The molecule has 0 aromatic rings. The molecule has 1 saturated heterocycles. The van der Waals surface area contributed by atoms with E-state index in [1.807, 2.05) is 0 Å². The van der Waals surface area contributed by atoms with E-state index in [0.717, 1.165) is 38.8 Å². The highest BCUT2D eigenvalue weighted by atomic mass is 35.5. The van der Waals surface area contributed by atoms with Gasteiger partial charge in [-0.3, -0.25) is 9.69 Å². The monoisotopic (exact) mass is 243 g/mol. The Morgan fingerprint density at radius 2 is 1.69 bits per heavy atom. The first-order chi connectivity index (χ1) is 7.75. The SMILES string of the molecule is O=C(CN1CCCCC1)C1CCC(Cl)CC1. The van der Waals surface area contributed by atoms with Crippen molar-refractivity contribution < 1.29 is 4.79 Å². The van der Waals surface area contributed by atoms with Crippen LogP contribution in [-0.4, -0.2) is 35.7 Å². The summed E-state index contributed by atoms with van der Waals surface area (Å²) in [5.41, 5.74) is 0. The molecule has 0 spiro atoms. The summed E-state index contributed by atoms with van der Waals surface area (Å²) in [6.45, 7) is 2.94. The summed E-state index contributed by atoms with van der Waals surface area (Å²) in [5, 5.41) is 0.319. The number of ketones is 1. The third-order valence-electron chi connectivity index (χ3n) is 3.94. The van der Waals surface area contributed by atoms with Crippen LogP contribution in [0.15, 0.2) is 0 Å². The Kier molecular flexibility index (Phi) is 4.66. The number of hydrogen-bond acceptors (Lipinski definition) is 2. The minimum atomic E-state index is 0.303. The Morgan fingerprint density at radius 3 is 2.31 bits per heavy atom. The van der Waals surface area contributed by atoms with Gasteiger partial charge < -0.3 is 0 Å². The molecule has 2 nitrogen and oxygen atoms in total. The van der Waals surface area contributed by atoms with Crippen LogP contribution in [0.25, 0.3) is 0 Å². The number of likely N-dealkylation sites (tertiary alicyclic amines) is 1. The average Bonchev–Trinajstić information content (AvgIpc) is 2.31. The largest absolute Gasteiger partial charge is 0.298 e. The Morgan fingerprint density at radius 1 is 1.06 bits per heavy atom. The molecule has 0 aromatic carbocycles. The standard InChI is InChI=1S/C13H22ClNO/c14-12-6-4-11(5-7-12)13(16)10-15-8-2-1-3-9-15/h11-12H,1-10H2. The minimum Gasteiger partial charge on any atom is -0.298 e. The predicted octanol–water partition coefficient (Wildman–Crippen LogP) is 2.84. The Hall–Kier alpha value is -0.0800. The smallest absolute Gasteiger partial charge is 0.149 e. The predicted molar refractivity (Wildman–Crippen MR) is 66.9 cm³/mol. The lowest BCUT2D eigenvalue weighted by atomic mass is 9.85. The average molecular weight is 244 g/mol. The van der Waals surface area contributed by atoms with Gasteiger partial charge in [-0.2, -0.15) is 0 Å². The van der Waals surface area contributed by atoms with E-state index in [1.165, 1.54) is 19.3 Å². The second-order valence-electron chi connectivity index (χ2n) is 5.25. The summed E-state index contributed by atoms with van der Waals surface area (Å²) in [6.07, 6.45) is 7.95. The van der Waals surface area contributed by atoms with E-state index in [-0.39, 0.29) is 0 Å². The fraction of sp³-hybridized carbons (Fsp3) is 0.923. The molecular formula is C13H22ClNO. The molecule has 1 aliphatic heterocycles. The molecule has 1 heterocycles. The van der Waals surface area contributed by atoms with Crippen LogP contribution in [0.3, 0.4) is 0 Å². The third kappa shape index (κ3) is 3.46. The minimum absolute atomic E-state index is 0.303. The summed E-state index contributed by atoms with van der Waals surface area (Å²) < 4.78 is 0. The van der Waals surface area contributed by atoms with Gasteiger partial charge >= 0.3 is 0 Å². The normalized spacial score (nSPS) is 32.6. The van der Waals surface area contributed by atoms with E-state index >= 15 is 0 Å². The van der Waals surface area contributed by atoms with Crippen molar-refractivity contribution in [3.63, 3.8) is 0 Å². The van der Waals surface area contributed by atoms with Crippen LogP contribution in [-0.2, 0) is 4.79 Å². The van der Waals surface area contributed by atoms with E-state index in [2.05, 4.69) is 4.90 Å². The van der Waals surface area contributed by atoms with Crippen molar-refractivity contribution in [1.82, 2.24) is 4.90 Å². The van der Waals surface area contributed by atoms with Gasteiger partial charge in [-0.1, -0.05) is 6.42 Å². The van der Waals surface area contributed by atoms with Crippen molar-refractivity contribution in [3.8, 4) is 0 Å². The van der Waals surface area contributed by atoms with Gasteiger partial charge in [0.2, 0.25) is 0 Å². The Balaban J connectivity index is 1.74. The van der Waals surface area contributed by atoms with Crippen molar-refractivity contribution in [3.05, 3.63) is 0 Å². The molecule has 2 fully saturated rings. The molecule has 1 aliphatic carbocycles. The number of hydrogen-bond donors (Lipinski definition) is 0. The van der Waals surface area contributed by atoms with Gasteiger partial charge in [0.05, 0.1) is 6.54 Å². The molecule has 0 amide bonds. The van der Waals surface area contributed by atoms with Gasteiger partial charge in [-0.25, -0.2) is 0 Å². The van der Waals surface area contributed by atoms with Crippen LogP contribution in [0.2, 0.25) is 0 Å². The highest BCUT2D eigenvalue weighted by Crippen LogP contribution is 2.28. The molecule has 0 N–H and O–H groups in total. The molecule has 2 aliphatic rings. The number of rotatable bonds is 3. The van der Waals surface area contributed by atoms with Gasteiger partial charge in [0.15, 0.2) is 0 Å². The zero-order chi connectivity index (χ0) is 11.4. The molecule has 0 unspecified atom stereocenters. The van der Waals surface area contributed by atoms with E-state index < -0.39 is 0 Å². The second-order valence-corrected chi connectivity index (χ2v) is 5.87. The van der Waals surface area contributed by atoms with E-state index in [4.69, 9.17) is 11.6 Å². The summed E-state index contributed by atoms with van der Waals surface area (Å²) in [5.74, 6) is 0.766. The van der Waals surface area contributed by atoms with Crippen LogP contribution < -0.4 is 0 Å². The second kappa shape index (κ2) is 6.02. The fourth-order valence-electron chi connectivity index (χ4n) is 2.84. The molecular weight excluding hydrogens is 222 g/mol. The topological polar surface area (TPSA) is 20.3 Å².